The summed E-state index contributed by atoms with van der Waals surface area (Å²) in [5, 5.41) is 3.02. The average Bonchev–Trinajstić information content (AvgIpc) is 2.93. The molecule has 3 fully saturated rings. The molecule has 0 radical (unpaired) electrons. The summed E-state index contributed by atoms with van der Waals surface area (Å²) in [6, 6.07) is 6.89. The van der Waals surface area contributed by atoms with Crippen LogP contribution < -0.4 is 20.5 Å². The van der Waals surface area contributed by atoms with Gasteiger partial charge in [0.1, 0.15) is 11.9 Å². The first-order valence-corrected chi connectivity index (χ1v) is 15.3. The van der Waals surface area contributed by atoms with E-state index in [2.05, 4.69) is 45.0 Å². The second-order valence-electron chi connectivity index (χ2n) is 12.1. The van der Waals surface area contributed by atoms with Gasteiger partial charge in [0.25, 0.3) is 11.5 Å². The smallest absolute Gasteiger partial charge is 0.253 e. The molecule has 0 unspecified atom stereocenters. The van der Waals surface area contributed by atoms with Crippen LogP contribution in [0.2, 0.25) is 0 Å². The average molecular weight is 566 g/mol. The Balaban J connectivity index is 1.36. The maximum Gasteiger partial charge on any atom is 0.253 e. The highest BCUT2D eigenvalue weighted by molar-refractivity contribution is 5.97. The summed E-state index contributed by atoms with van der Waals surface area (Å²) in [5.74, 6) is 0.549. The summed E-state index contributed by atoms with van der Waals surface area (Å²) >= 11 is 0. The van der Waals surface area contributed by atoms with Crippen molar-refractivity contribution in [3.63, 3.8) is 0 Å². The van der Waals surface area contributed by atoms with E-state index in [0.29, 0.717) is 23.2 Å². The number of anilines is 1. The highest BCUT2D eigenvalue weighted by Crippen LogP contribution is 2.36. The second-order valence-corrected chi connectivity index (χ2v) is 12.1. The molecule has 0 atom stereocenters. The summed E-state index contributed by atoms with van der Waals surface area (Å²) < 4.78 is 12.2. The van der Waals surface area contributed by atoms with Gasteiger partial charge in [-0.25, -0.2) is 0 Å². The first-order chi connectivity index (χ1) is 19.7. The Kier molecular flexibility index (Phi) is 9.36. The lowest BCUT2D eigenvalue weighted by Crippen LogP contribution is -2.55. The molecule has 41 heavy (non-hydrogen) atoms. The highest BCUT2D eigenvalue weighted by Gasteiger charge is 2.36. The van der Waals surface area contributed by atoms with Crippen molar-refractivity contribution >= 4 is 11.6 Å². The number of nitrogens with zero attached hydrogens (tertiary/aromatic N) is 3. The van der Waals surface area contributed by atoms with Gasteiger partial charge in [-0.3, -0.25) is 14.5 Å². The fraction of sp³-hybridized carbons (Fsp3) is 0.625. The van der Waals surface area contributed by atoms with Crippen LogP contribution in [0.25, 0.3) is 0 Å². The van der Waals surface area contributed by atoms with Gasteiger partial charge in [0, 0.05) is 106 Å². The van der Waals surface area contributed by atoms with E-state index in [0.717, 1.165) is 99.9 Å². The molecule has 0 bridgehead atoms. The fourth-order valence-electron chi connectivity index (χ4n) is 6.57. The molecule has 2 aliphatic heterocycles. The standard InChI is InChI=1S/C32H47N5O4/c1-6-37(24-7-13-40-14-8-24)30-19-27(41-26-16-25(17-26)36-11-9-35(5)10-12-36)18-28(23(30)4)31(38)33-20-29-21(2)15-22(3)34-32(29)39/h15,18-19,24-26H,6-14,16-17,20H2,1-5H3,(H,33,38)(H,34,39). The monoisotopic (exact) mass is 565 g/mol. The quantitative estimate of drug-likeness (QED) is 0.482. The number of amides is 1. The number of aryl methyl sites for hydroxylation is 2. The molecule has 1 aromatic heterocycles. The van der Waals surface area contributed by atoms with Gasteiger partial charge in [0.15, 0.2) is 0 Å². The molecule has 2 aromatic rings. The Morgan fingerprint density at radius 3 is 2.46 bits per heavy atom. The highest BCUT2D eigenvalue weighted by atomic mass is 16.5. The fourth-order valence-corrected chi connectivity index (χ4v) is 6.57. The molecular weight excluding hydrogens is 518 g/mol. The first kappa shape index (κ1) is 29.6. The topological polar surface area (TPSA) is 90.1 Å². The van der Waals surface area contributed by atoms with E-state index in [1.54, 1.807) is 0 Å². The number of rotatable bonds is 9. The van der Waals surface area contributed by atoms with Crippen molar-refractivity contribution in [1.29, 1.82) is 0 Å². The van der Waals surface area contributed by atoms with Crippen LogP contribution in [-0.4, -0.2) is 91.9 Å². The number of pyridine rings is 1. The Hall–Kier alpha value is -2.88. The number of benzene rings is 1. The predicted octanol–water partition coefficient (Wildman–Crippen LogP) is 3.39. The largest absolute Gasteiger partial charge is 0.490 e. The van der Waals surface area contributed by atoms with Gasteiger partial charge in [-0.15, -0.1) is 0 Å². The van der Waals surface area contributed by atoms with Crippen LogP contribution in [0.3, 0.4) is 0 Å². The Morgan fingerprint density at radius 1 is 1.10 bits per heavy atom. The number of hydrogen-bond donors (Lipinski definition) is 2. The van der Waals surface area contributed by atoms with Crippen molar-refractivity contribution in [3.05, 3.63) is 56.5 Å². The lowest BCUT2D eigenvalue weighted by atomic mass is 9.87. The SMILES string of the molecule is CCN(c1cc(OC2CC(N3CCN(C)CC3)C2)cc(C(=O)NCc2c(C)cc(C)[nH]c2=O)c1C)C1CCOCC1. The lowest BCUT2D eigenvalue weighted by Gasteiger charge is -2.45. The van der Waals surface area contributed by atoms with Crippen molar-refractivity contribution in [3.8, 4) is 5.75 Å². The molecule has 9 nitrogen and oxygen atoms in total. The third-order valence-electron chi connectivity index (χ3n) is 9.23. The van der Waals surface area contributed by atoms with Crippen molar-refractivity contribution in [2.24, 2.45) is 0 Å². The Morgan fingerprint density at radius 2 is 1.80 bits per heavy atom. The number of piperazine rings is 1. The second kappa shape index (κ2) is 13.0. The molecular formula is C32H47N5O4. The van der Waals surface area contributed by atoms with Crippen LogP contribution in [0.1, 0.15) is 65.3 Å². The Bertz CT molecular complexity index is 1270. The number of aromatic amines is 1. The number of ether oxygens (including phenoxy) is 2. The van der Waals surface area contributed by atoms with E-state index in [9.17, 15) is 9.59 Å². The summed E-state index contributed by atoms with van der Waals surface area (Å²) in [4.78, 5) is 36.4. The van der Waals surface area contributed by atoms with Gasteiger partial charge in [0.2, 0.25) is 0 Å². The van der Waals surface area contributed by atoms with Crippen molar-refractivity contribution in [2.45, 2.75) is 78.1 Å². The minimum Gasteiger partial charge on any atom is -0.490 e. The zero-order chi connectivity index (χ0) is 29.1. The number of nitrogens with one attached hydrogen (secondary N) is 2. The normalized spacial score (nSPS) is 22.3. The Labute approximate surface area is 244 Å². The molecule has 1 amide bonds. The molecule has 5 rings (SSSR count). The van der Waals surface area contributed by atoms with Crippen molar-refractivity contribution in [2.75, 3.05) is 57.9 Å². The number of likely N-dealkylation sites (N-methyl/N-ethyl adjacent to an activating group) is 1. The molecule has 224 valence electrons. The lowest BCUT2D eigenvalue weighted by molar-refractivity contribution is -0.00196. The summed E-state index contributed by atoms with van der Waals surface area (Å²) in [5.41, 5.74) is 4.68. The van der Waals surface area contributed by atoms with Gasteiger partial charge < -0.3 is 29.6 Å². The van der Waals surface area contributed by atoms with E-state index in [4.69, 9.17) is 9.47 Å². The van der Waals surface area contributed by atoms with Crippen LogP contribution in [0, 0.1) is 20.8 Å². The van der Waals surface area contributed by atoms with Gasteiger partial charge >= 0.3 is 0 Å². The van der Waals surface area contributed by atoms with E-state index >= 15 is 0 Å². The van der Waals surface area contributed by atoms with E-state index < -0.39 is 0 Å². The van der Waals surface area contributed by atoms with Gasteiger partial charge in [0.05, 0.1) is 0 Å². The number of H-pyrrole nitrogens is 1. The third kappa shape index (κ3) is 6.79. The molecule has 2 saturated heterocycles. The van der Waals surface area contributed by atoms with Crippen LogP contribution in [0.5, 0.6) is 5.75 Å². The van der Waals surface area contributed by atoms with E-state index in [1.807, 2.05) is 32.9 Å². The van der Waals surface area contributed by atoms with Crippen molar-refractivity contribution < 1.29 is 14.3 Å². The minimum atomic E-state index is -0.194. The molecule has 3 heterocycles. The van der Waals surface area contributed by atoms with Crippen LogP contribution in [-0.2, 0) is 11.3 Å². The minimum absolute atomic E-state index is 0.151. The van der Waals surface area contributed by atoms with Crippen molar-refractivity contribution in [1.82, 2.24) is 20.1 Å². The maximum atomic E-state index is 13.6. The molecule has 2 N–H and O–H groups in total. The van der Waals surface area contributed by atoms with Crippen LogP contribution >= 0.6 is 0 Å². The van der Waals surface area contributed by atoms with Gasteiger partial charge in [-0.05, 0) is 70.8 Å². The first-order valence-electron chi connectivity index (χ1n) is 15.3. The van der Waals surface area contributed by atoms with Crippen LogP contribution in [0.15, 0.2) is 23.0 Å². The molecule has 1 aromatic carbocycles. The van der Waals surface area contributed by atoms with E-state index in [-0.39, 0.29) is 24.1 Å². The number of carbonyl (C=O) groups is 1. The maximum absolute atomic E-state index is 13.6. The zero-order valence-corrected chi connectivity index (χ0v) is 25.4. The number of hydrogen-bond acceptors (Lipinski definition) is 7. The van der Waals surface area contributed by atoms with Gasteiger partial charge in [-0.1, -0.05) is 0 Å². The molecule has 1 saturated carbocycles. The summed E-state index contributed by atoms with van der Waals surface area (Å²) in [6.07, 6.45) is 4.11. The molecule has 1 aliphatic carbocycles. The molecule has 3 aliphatic rings. The summed E-state index contributed by atoms with van der Waals surface area (Å²) in [6.45, 7) is 14.9. The predicted molar refractivity (Wildman–Crippen MR) is 162 cm³/mol. The van der Waals surface area contributed by atoms with Crippen LogP contribution in [0.4, 0.5) is 5.69 Å². The molecule has 9 heteroatoms. The van der Waals surface area contributed by atoms with E-state index in [1.165, 1.54) is 0 Å². The number of carbonyl (C=O) groups excluding carboxylic acids is 1. The zero-order valence-electron chi connectivity index (χ0n) is 25.4. The van der Waals surface area contributed by atoms with Gasteiger partial charge in [-0.2, -0.15) is 0 Å². The third-order valence-corrected chi connectivity index (χ3v) is 9.23. The summed E-state index contributed by atoms with van der Waals surface area (Å²) in [7, 11) is 2.19. The number of aromatic nitrogens is 1. The molecule has 0 spiro atoms.